The van der Waals surface area contributed by atoms with E-state index >= 15 is 0 Å². The van der Waals surface area contributed by atoms with Gasteiger partial charge in [-0.05, 0) is 43.9 Å². The van der Waals surface area contributed by atoms with E-state index in [-0.39, 0.29) is 5.69 Å². The topological polar surface area (TPSA) is 21.3 Å². The smallest absolute Gasteiger partial charge is 0.405 e. The van der Waals surface area contributed by atoms with Crippen LogP contribution < -0.4 is 10.1 Å². The molecule has 2 nitrogen and oxygen atoms in total. The molecule has 1 aliphatic rings. The second-order valence-electron chi connectivity index (χ2n) is 5.88. The predicted molar refractivity (Wildman–Crippen MR) is 83.4 cm³/mol. The van der Waals surface area contributed by atoms with Crippen molar-refractivity contribution in [2.45, 2.75) is 39.2 Å². The number of hydrogen-bond donors (Lipinski definition) is 1. The van der Waals surface area contributed by atoms with Gasteiger partial charge in [0, 0.05) is 17.3 Å². The quantitative estimate of drug-likeness (QED) is 0.678. The minimum atomic E-state index is -4.93. The number of alkyl halides is 6. The number of anilines is 1. The van der Waals surface area contributed by atoms with Crippen LogP contribution in [0.25, 0.3) is 5.57 Å². The van der Waals surface area contributed by atoms with Crippen molar-refractivity contribution < 1.29 is 31.1 Å². The van der Waals surface area contributed by atoms with E-state index in [1.807, 2.05) is 13.0 Å². The summed E-state index contributed by atoms with van der Waals surface area (Å²) in [7, 11) is 0. The van der Waals surface area contributed by atoms with E-state index in [4.69, 9.17) is 0 Å². The molecule has 1 aliphatic carbocycles. The Hall–Kier alpha value is -2.12. The van der Waals surface area contributed by atoms with Gasteiger partial charge in [0.25, 0.3) is 0 Å². The molecule has 0 spiro atoms. The van der Waals surface area contributed by atoms with Crippen LogP contribution in [0.15, 0.2) is 29.9 Å². The molecular weight excluding hydrogens is 348 g/mol. The molecule has 8 heteroatoms. The summed E-state index contributed by atoms with van der Waals surface area (Å²) in [6.07, 6.45) is -5.01. The van der Waals surface area contributed by atoms with Gasteiger partial charge in [0.2, 0.25) is 0 Å². The van der Waals surface area contributed by atoms with Gasteiger partial charge in [0.05, 0.1) is 0 Å². The lowest BCUT2D eigenvalue weighted by molar-refractivity contribution is -0.274. The molecule has 2 rings (SSSR count). The third-order valence-electron chi connectivity index (χ3n) is 3.74. The minimum absolute atomic E-state index is 0.0793. The minimum Gasteiger partial charge on any atom is -0.405 e. The van der Waals surface area contributed by atoms with Crippen LogP contribution in [0.3, 0.4) is 0 Å². The molecule has 0 heterocycles. The molecule has 0 bridgehead atoms. The molecule has 0 radical (unpaired) electrons. The molecular formula is C17H17F6NO. The molecule has 25 heavy (non-hydrogen) atoms. The average Bonchev–Trinajstić information content (AvgIpc) is 2.45. The number of halogens is 6. The van der Waals surface area contributed by atoms with Crippen LogP contribution in [0.2, 0.25) is 0 Å². The summed E-state index contributed by atoms with van der Waals surface area (Å²) in [5, 5.41) is 2.11. The Morgan fingerprint density at radius 2 is 1.68 bits per heavy atom. The fourth-order valence-corrected chi connectivity index (χ4v) is 2.54. The van der Waals surface area contributed by atoms with Crippen molar-refractivity contribution in [3.63, 3.8) is 0 Å². The first-order valence-corrected chi connectivity index (χ1v) is 7.52. The van der Waals surface area contributed by atoms with Crippen molar-refractivity contribution in [1.82, 2.24) is 0 Å². The second-order valence-corrected chi connectivity index (χ2v) is 5.88. The zero-order chi connectivity index (χ0) is 18.8. The van der Waals surface area contributed by atoms with Gasteiger partial charge in [-0.15, -0.1) is 13.2 Å². The van der Waals surface area contributed by atoms with Crippen LogP contribution in [-0.4, -0.2) is 19.1 Å². The van der Waals surface area contributed by atoms with Gasteiger partial charge in [-0.2, -0.15) is 13.2 Å². The van der Waals surface area contributed by atoms with Gasteiger partial charge in [-0.3, -0.25) is 0 Å². The summed E-state index contributed by atoms with van der Waals surface area (Å²) in [6, 6.07) is 2.39. The summed E-state index contributed by atoms with van der Waals surface area (Å²) in [4.78, 5) is 0. The van der Waals surface area contributed by atoms with Crippen LogP contribution in [0, 0.1) is 0 Å². The van der Waals surface area contributed by atoms with Gasteiger partial charge in [0.15, 0.2) is 0 Å². The highest BCUT2D eigenvalue weighted by Gasteiger charge is 2.33. The number of allylic oxidation sites excluding steroid dienone is 4. The maximum absolute atomic E-state index is 12.7. The SMILES string of the molecule is CC1=CC=C(C)c2cc(NCC(F)(F)F)cc(OC(F)(F)F)c2CC1. The predicted octanol–water partition coefficient (Wildman–Crippen LogP) is 5.86. The molecule has 1 aromatic carbocycles. The molecule has 0 amide bonds. The molecule has 0 saturated heterocycles. The van der Waals surface area contributed by atoms with Gasteiger partial charge in [-0.25, -0.2) is 0 Å². The van der Waals surface area contributed by atoms with E-state index < -0.39 is 24.8 Å². The number of benzene rings is 1. The summed E-state index contributed by atoms with van der Waals surface area (Å²) in [6.45, 7) is 2.20. The van der Waals surface area contributed by atoms with Crippen molar-refractivity contribution in [2.75, 3.05) is 11.9 Å². The molecule has 0 unspecified atom stereocenters. The Balaban J connectivity index is 2.50. The number of fused-ring (bicyclic) bond motifs is 1. The van der Waals surface area contributed by atoms with E-state index in [1.54, 1.807) is 13.0 Å². The molecule has 138 valence electrons. The van der Waals surface area contributed by atoms with Crippen LogP contribution in [-0.2, 0) is 6.42 Å². The first kappa shape index (κ1) is 19.2. The van der Waals surface area contributed by atoms with Crippen LogP contribution >= 0.6 is 0 Å². The van der Waals surface area contributed by atoms with Gasteiger partial charge < -0.3 is 10.1 Å². The molecule has 0 saturated carbocycles. The Morgan fingerprint density at radius 1 is 1.00 bits per heavy atom. The Labute approximate surface area is 141 Å². The van der Waals surface area contributed by atoms with Crippen molar-refractivity contribution in [2.24, 2.45) is 0 Å². The first-order chi connectivity index (χ1) is 11.4. The summed E-state index contributed by atoms with van der Waals surface area (Å²) >= 11 is 0. The molecule has 1 N–H and O–H groups in total. The van der Waals surface area contributed by atoms with E-state index in [0.717, 1.165) is 11.6 Å². The monoisotopic (exact) mass is 365 g/mol. The standard InChI is InChI=1S/C17H17F6NO/c1-10-3-5-11(2)14-7-12(24-9-16(18,19)20)8-15(13(14)6-4-10)25-17(21,22)23/h3,5,7-8,24H,4,6,9H2,1-2H3. The number of nitrogens with one attached hydrogen (secondary N) is 1. The zero-order valence-corrected chi connectivity index (χ0v) is 13.6. The maximum Gasteiger partial charge on any atom is 0.573 e. The Kier molecular flexibility index (Phi) is 5.39. The van der Waals surface area contributed by atoms with E-state index in [1.165, 1.54) is 6.07 Å². The normalized spacial score (nSPS) is 15.5. The Morgan fingerprint density at radius 3 is 2.28 bits per heavy atom. The zero-order valence-electron chi connectivity index (χ0n) is 13.6. The number of hydrogen-bond acceptors (Lipinski definition) is 2. The fourth-order valence-electron chi connectivity index (χ4n) is 2.54. The van der Waals surface area contributed by atoms with Gasteiger partial charge in [-0.1, -0.05) is 17.7 Å². The van der Waals surface area contributed by atoms with E-state index in [0.29, 0.717) is 29.5 Å². The summed E-state index contributed by atoms with van der Waals surface area (Å²) in [5.74, 6) is -0.475. The highest BCUT2D eigenvalue weighted by molar-refractivity contribution is 5.74. The maximum atomic E-state index is 12.7. The van der Waals surface area contributed by atoms with Crippen molar-refractivity contribution in [3.05, 3.63) is 41.0 Å². The third kappa shape index (κ3) is 5.72. The lowest BCUT2D eigenvalue weighted by atomic mass is 9.91. The number of rotatable bonds is 3. The summed E-state index contributed by atoms with van der Waals surface area (Å²) < 4.78 is 79.5. The average molecular weight is 365 g/mol. The van der Waals surface area contributed by atoms with Crippen molar-refractivity contribution >= 4 is 11.3 Å². The molecule has 0 aromatic heterocycles. The lowest BCUT2D eigenvalue weighted by Crippen LogP contribution is -2.22. The van der Waals surface area contributed by atoms with Crippen LogP contribution in [0.4, 0.5) is 32.0 Å². The largest absolute Gasteiger partial charge is 0.573 e. The van der Waals surface area contributed by atoms with Gasteiger partial charge >= 0.3 is 12.5 Å². The van der Waals surface area contributed by atoms with Crippen LogP contribution in [0.5, 0.6) is 5.75 Å². The summed E-state index contributed by atoms with van der Waals surface area (Å²) in [5.41, 5.74) is 2.33. The number of ether oxygens (including phenoxy) is 1. The van der Waals surface area contributed by atoms with Crippen LogP contribution in [0.1, 0.15) is 31.4 Å². The molecule has 0 atom stereocenters. The first-order valence-electron chi connectivity index (χ1n) is 7.52. The highest BCUT2D eigenvalue weighted by Crippen LogP contribution is 2.37. The lowest BCUT2D eigenvalue weighted by Gasteiger charge is -2.21. The Bertz CT molecular complexity index is 700. The highest BCUT2D eigenvalue weighted by atomic mass is 19.4. The molecule has 1 aromatic rings. The van der Waals surface area contributed by atoms with Crippen molar-refractivity contribution in [3.8, 4) is 5.75 Å². The third-order valence-corrected chi connectivity index (χ3v) is 3.74. The van der Waals surface area contributed by atoms with E-state index in [2.05, 4.69) is 10.1 Å². The second kappa shape index (κ2) is 7.01. The van der Waals surface area contributed by atoms with Gasteiger partial charge in [0.1, 0.15) is 12.3 Å². The molecule has 0 fully saturated rings. The fraction of sp³-hybridized carbons (Fsp3) is 0.412. The van der Waals surface area contributed by atoms with E-state index in [9.17, 15) is 26.3 Å². The molecule has 0 aliphatic heterocycles. The van der Waals surface area contributed by atoms with Crippen molar-refractivity contribution in [1.29, 1.82) is 0 Å².